The van der Waals surface area contributed by atoms with E-state index < -0.39 is 0 Å². The van der Waals surface area contributed by atoms with Gasteiger partial charge in [0, 0.05) is 23.9 Å². The highest BCUT2D eigenvalue weighted by molar-refractivity contribution is 7.14. The van der Waals surface area contributed by atoms with E-state index in [1.54, 1.807) is 28.9 Å². The summed E-state index contributed by atoms with van der Waals surface area (Å²) in [6, 6.07) is 7.77. The SMILES string of the molecule is O=C(Cc1cccs1)N1CCC(c2nnc(-c3ccco3)s2)CC1. The molecular weight excluding hydrogens is 342 g/mol. The van der Waals surface area contributed by atoms with Crippen LogP contribution in [0.25, 0.3) is 10.8 Å². The van der Waals surface area contributed by atoms with Crippen LogP contribution in [0.4, 0.5) is 0 Å². The maximum atomic E-state index is 12.4. The molecule has 1 aliphatic rings. The fraction of sp³-hybridized carbons (Fsp3) is 0.353. The molecular formula is C17H17N3O2S2. The van der Waals surface area contributed by atoms with E-state index in [0.717, 1.165) is 46.6 Å². The van der Waals surface area contributed by atoms with E-state index in [1.165, 1.54) is 0 Å². The molecule has 0 bridgehead atoms. The van der Waals surface area contributed by atoms with Crippen LogP contribution in [0, 0.1) is 0 Å². The van der Waals surface area contributed by atoms with Gasteiger partial charge in [-0.3, -0.25) is 4.79 Å². The first-order valence-corrected chi connectivity index (χ1v) is 9.66. The van der Waals surface area contributed by atoms with Gasteiger partial charge in [-0.1, -0.05) is 17.4 Å². The molecule has 1 saturated heterocycles. The molecule has 0 radical (unpaired) electrons. The molecule has 1 amide bonds. The molecule has 4 rings (SSSR count). The smallest absolute Gasteiger partial charge is 0.227 e. The summed E-state index contributed by atoms with van der Waals surface area (Å²) in [6.45, 7) is 1.59. The van der Waals surface area contributed by atoms with Crippen LogP contribution in [0.1, 0.15) is 28.6 Å². The predicted molar refractivity (Wildman–Crippen MR) is 94.2 cm³/mol. The fourth-order valence-electron chi connectivity index (χ4n) is 2.95. The van der Waals surface area contributed by atoms with Gasteiger partial charge in [-0.05, 0) is 36.4 Å². The highest BCUT2D eigenvalue weighted by Gasteiger charge is 2.26. The number of thiophene rings is 1. The largest absolute Gasteiger partial charge is 0.462 e. The van der Waals surface area contributed by atoms with Crippen molar-refractivity contribution >= 4 is 28.6 Å². The molecule has 0 aromatic carbocycles. The second-order valence-electron chi connectivity index (χ2n) is 5.83. The molecule has 124 valence electrons. The van der Waals surface area contributed by atoms with Gasteiger partial charge in [0.2, 0.25) is 5.91 Å². The lowest BCUT2D eigenvalue weighted by Crippen LogP contribution is -2.38. The van der Waals surface area contributed by atoms with E-state index in [2.05, 4.69) is 10.2 Å². The van der Waals surface area contributed by atoms with E-state index in [4.69, 9.17) is 4.42 Å². The maximum absolute atomic E-state index is 12.4. The Labute approximate surface area is 147 Å². The molecule has 1 aliphatic heterocycles. The monoisotopic (exact) mass is 359 g/mol. The Hall–Kier alpha value is -1.99. The summed E-state index contributed by atoms with van der Waals surface area (Å²) in [6.07, 6.45) is 4.06. The Balaban J connectivity index is 1.35. The molecule has 0 spiro atoms. The number of furan rings is 1. The zero-order valence-corrected chi connectivity index (χ0v) is 14.7. The second kappa shape index (κ2) is 6.86. The molecule has 3 aromatic rings. The Kier molecular flexibility index (Phi) is 4.44. The van der Waals surface area contributed by atoms with Gasteiger partial charge in [0.1, 0.15) is 5.01 Å². The number of hydrogen-bond acceptors (Lipinski definition) is 6. The standard InChI is InChI=1S/C17H17N3O2S2/c21-15(11-13-3-2-10-23-13)20-7-5-12(6-8-20)16-18-19-17(24-16)14-4-1-9-22-14/h1-4,9-10,12H,5-8,11H2. The molecule has 0 N–H and O–H groups in total. The third-order valence-electron chi connectivity index (χ3n) is 4.28. The number of amides is 1. The van der Waals surface area contributed by atoms with Crippen molar-refractivity contribution in [1.82, 2.24) is 15.1 Å². The summed E-state index contributed by atoms with van der Waals surface area (Å²) in [5, 5.41) is 12.5. The average Bonchev–Trinajstić information content (AvgIpc) is 3.36. The molecule has 7 heteroatoms. The van der Waals surface area contributed by atoms with Crippen LogP contribution in [0.2, 0.25) is 0 Å². The lowest BCUT2D eigenvalue weighted by atomic mass is 9.97. The Morgan fingerprint density at radius 3 is 2.83 bits per heavy atom. The molecule has 0 saturated carbocycles. The molecule has 3 aromatic heterocycles. The molecule has 24 heavy (non-hydrogen) atoms. The lowest BCUT2D eigenvalue weighted by molar-refractivity contribution is -0.131. The molecule has 5 nitrogen and oxygen atoms in total. The zero-order valence-electron chi connectivity index (χ0n) is 13.1. The van der Waals surface area contributed by atoms with Crippen LogP contribution < -0.4 is 0 Å². The first kappa shape index (κ1) is 15.5. The molecule has 0 aliphatic carbocycles. The van der Waals surface area contributed by atoms with Crippen molar-refractivity contribution in [3.63, 3.8) is 0 Å². The van der Waals surface area contributed by atoms with Crippen molar-refractivity contribution in [3.8, 4) is 10.8 Å². The molecule has 0 unspecified atom stereocenters. The normalized spacial score (nSPS) is 15.8. The minimum Gasteiger partial charge on any atom is -0.462 e. The van der Waals surface area contributed by atoms with Gasteiger partial charge in [0.15, 0.2) is 10.8 Å². The van der Waals surface area contributed by atoms with Gasteiger partial charge in [-0.25, -0.2) is 0 Å². The third-order valence-corrected chi connectivity index (χ3v) is 6.25. The summed E-state index contributed by atoms with van der Waals surface area (Å²) in [5.74, 6) is 1.38. The van der Waals surface area contributed by atoms with E-state index >= 15 is 0 Å². The van der Waals surface area contributed by atoms with Crippen molar-refractivity contribution in [2.45, 2.75) is 25.2 Å². The van der Waals surface area contributed by atoms with Crippen LogP contribution in [0.3, 0.4) is 0 Å². The van der Waals surface area contributed by atoms with Gasteiger partial charge < -0.3 is 9.32 Å². The van der Waals surface area contributed by atoms with Crippen LogP contribution in [0.15, 0.2) is 40.3 Å². The summed E-state index contributed by atoms with van der Waals surface area (Å²) < 4.78 is 5.37. The number of aromatic nitrogens is 2. The Morgan fingerprint density at radius 2 is 2.12 bits per heavy atom. The number of piperidine rings is 1. The van der Waals surface area contributed by atoms with Crippen LogP contribution in [0.5, 0.6) is 0 Å². The van der Waals surface area contributed by atoms with Gasteiger partial charge in [-0.2, -0.15) is 0 Å². The number of nitrogens with zero attached hydrogens (tertiary/aromatic N) is 3. The Morgan fingerprint density at radius 1 is 1.25 bits per heavy atom. The van der Waals surface area contributed by atoms with Crippen molar-refractivity contribution in [2.75, 3.05) is 13.1 Å². The van der Waals surface area contributed by atoms with E-state index in [9.17, 15) is 4.79 Å². The highest BCUT2D eigenvalue weighted by Crippen LogP contribution is 2.33. The van der Waals surface area contributed by atoms with Gasteiger partial charge >= 0.3 is 0 Å². The molecule has 4 heterocycles. The minimum absolute atomic E-state index is 0.226. The number of hydrogen-bond donors (Lipinski definition) is 0. The van der Waals surface area contributed by atoms with Gasteiger partial charge in [-0.15, -0.1) is 21.5 Å². The number of carbonyl (C=O) groups is 1. The first-order chi connectivity index (χ1) is 11.8. The van der Waals surface area contributed by atoms with Crippen LogP contribution >= 0.6 is 22.7 Å². The topological polar surface area (TPSA) is 59.2 Å². The average molecular weight is 359 g/mol. The summed E-state index contributed by atoms with van der Waals surface area (Å²) in [4.78, 5) is 15.5. The third kappa shape index (κ3) is 3.27. The predicted octanol–water partition coefficient (Wildman–Crippen LogP) is 3.81. The summed E-state index contributed by atoms with van der Waals surface area (Å²) in [5.41, 5.74) is 0. The van der Waals surface area contributed by atoms with Crippen molar-refractivity contribution in [3.05, 3.63) is 45.8 Å². The van der Waals surface area contributed by atoms with Gasteiger partial charge in [0.25, 0.3) is 0 Å². The first-order valence-electron chi connectivity index (χ1n) is 7.97. The van der Waals surface area contributed by atoms with Crippen LogP contribution in [-0.2, 0) is 11.2 Å². The molecule has 1 fully saturated rings. The zero-order chi connectivity index (χ0) is 16.4. The second-order valence-corrected chi connectivity index (χ2v) is 7.88. The van der Waals surface area contributed by atoms with Crippen molar-refractivity contribution in [2.24, 2.45) is 0 Å². The van der Waals surface area contributed by atoms with Crippen molar-refractivity contribution < 1.29 is 9.21 Å². The van der Waals surface area contributed by atoms with E-state index in [-0.39, 0.29) is 5.91 Å². The maximum Gasteiger partial charge on any atom is 0.227 e. The quantitative estimate of drug-likeness (QED) is 0.711. The minimum atomic E-state index is 0.226. The number of likely N-dealkylation sites (tertiary alicyclic amines) is 1. The highest BCUT2D eigenvalue weighted by atomic mass is 32.1. The fourth-order valence-corrected chi connectivity index (χ4v) is 4.63. The molecule has 0 atom stereocenters. The Bertz CT molecular complexity index is 788. The van der Waals surface area contributed by atoms with E-state index in [1.807, 2.05) is 34.5 Å². The number of rotatable bonds is 4. The number of carbonyl (C=O) groups excluding carboxylic acids is 1. The lowest BCUT2D eigenvalue weighted by Gasteiger charge is -2.30. The van der Waals surface area contributed by atoms with E-state index in [0.29, 0.717) is 12.3 Å². The van der Waals surface area contributed by atoms with Gasteiger partial charge in [0.05, 0.1) is 12.7 Å². The summed E-state index contributed by atoms with van der Waals surface area (Å²) >= 11 is 3.23. The van der Waals surface area contributed by atoms with Crippen molar-refractivity contribution in [1.29, 1.82) is 0 Å². The van der Waals surface area contributed by atoms with Crippen LogP contribution in [-0.4, -0.2) is 34.1 Å². The summed E-state index contributed by atoms with van der Waals surface area (Å²) in [7, 11) is 0.